The van der Waals surface area contributed by atoms with Crippen LogP contribution in [0.5, 0.6) is 5.75 Å². The molecule has 4 rings (SSSR count). The van der Waals surface area contributed by atoms with Crippen molar-refractivity contribution in [2.75, 3.05) is 0 Å². The standard InChI is InChI=1S/C21H20ClNO/c1-2-6-18-20-17-10-4-3-7-14(17)11-12-19(20)24-21(23-18)15-8-5-9-16(22)13-15/h3-5,7-13,18,21,23H,2,6H2,1H3. The zero-order chi connectivity index (χ0) is 16.5. The van der Waals surface area contributed by atoms with Crippen molar-refractivity contribution in [1.82, 2.24) is 5.32 Å². The Bertz CT molecular complexity index is 877. The van der Waals surface area contributed by atoms with Gasteiger partial charge in [0.1, 0.15) is 5.75 Å². The predicted octanol–water partition coefficient (Wildman–Crippen LogP) is 6.02. The number of nitrogens with one attached hydrogen (secondary N) is 1. The van der Waals surface area contributed by atoms with E-state index in [1.807, 2.05) is 18.2 Å². The van der Waals surface area contributed by atoms with Crippen molar-refractivity contribution in [1.29, 1.82) is 0 Å². The summed E-state index contributed by atoms with van der Waals surface area (Å²) in [5.41, 5.74) is 2.33. The summed E-state index contributed by atoms with van der Waals surface area (Å²) in [6.07, 6.45) is 2.01. The molecule has 2 atom stereocenters. The van der Waals surface area contributed by atoms with E-state index < -0.39 is 0 Å². The van der Waals surface area contributed by atoms with Crippen LogP contribution in [0.4, 0.5) is 0 Å². The lowest BCUT2D eigenvalue weighted by molar-refractivity contribution is 0.122. The lowest BCUT2D eigenvalue weighted by atomic mass is 9.93. The highest BCUT2D eigenvalue weighted by Crippen LogP contribution is 2.41. The molecular formula is C21H20ClNO. The van der Waals surface area contributed by atoms with Crippen LogP contribution in [0, 0.1) is 0 Å². The van der Waals surface area contributed by atoms with E-state index in [0.717, 1.165) is 29.2 Å². The van der Waals surface area contributed by atoms with Gasteiger partial charge in [0.05, 0.1) is 0 Å². The maximum Gasteiger partial charge on any atom is 0.177 e. The molecule has 2 nitrogen and oxygen atoms in total. The van der Waals surface area contributed by atoms with E-state index in [2.05, 4.69) is 54.7 Å². The van der Waals surface area contributed by atoms with Crippen LogP contribution in [-0.4, -0.2) is 0 Å². The molecule has 24 heavy (non-hydrogen) atoms. The molecule has 0 amide bonds. The fraction of sp³-hybridized carbons (Fsp3) is 0.238. The first-order valence-corrected chi connectivity index (χ1v) is 8.84. The van der Waals surface area contributed by atoms with Gasteiger partial charge in [-0.1, -0.05) is 67.4 Å². The van der Waals surface area contributed by atoms with Gasteiger partial charge < -0.3 is 4.74 Å². The number of ether oxygens (including phenoxy) is 1. The van der Waals surface area contributed by atoms with Gasteiger partial charge in [-0.3, -0.25) is 5.32 Å². The summed E-state index contributed by atoms with van der Waals surface area (Å²) in [5, 5.41) is 6.92. The van der Waals surface area contributed by atoms with Crippen LogP contribution >= 0.6 is 11.6 Å². The van der Waals surface area contributed by atoms with E-state index in [1.54, 1.807) is 0 Å². The Hall–Kier alpha value is -2.03. The zero-order valence-corrected chi connectivity index (χ0v) is 14.4. The van der Waals surface area contributed by atoms with E-state index in [1.165, 1.54) is 16.3 Å². The fourth-order valence-electron chi connectivity index (χ4n) is 3.52. The van der Waals surface area contributed by atoms with Gasteiger partial charge in [-0.2, -0.15) is 0 Å². The molecule has 0 aliphatic carbocycles. The van der Waals surface area contributed by atoms with Crippen LogP contribution in [0.2, 0.25) is 5.02 Å². The summed E-state index contributed by atoms with van der Waals surface area (Å²) in [4.78, 5) is 0. The second-order valence-electron chi connectivity index (χ2n) is 6.26. The van der Waals surface area contributed by atoms with Crippen LogP contribution in [0.1, 0.15) is 43.2 Å². The number of fused-ring (bicyclic) bond motifs is 3. The minimum Gasteiger partial charge on any atom is -0.471 e. The Balaban J connectivity index is 1.81. The van der Waals surface area contributed by atoms with Crippen LogP contribution in [0.25, 0.3) is 10.8 Å². The molecule has 0 aromatic heterocycles. The maximum absolute atomic E-state index is 6.29. The van der Waals surface area contributed by atoms with Gasteiger partial charge in [0, 0.05) is 22.2 Å². The third-order valence-electron chi connectivity index (χ3n) is 4.61. The highest BCUT2D eigenvalue weighted by atomic mass is 35.5. The topological polar surface area (TPSA) is 21.3 Å². The smallest absolute Gasteiger partial charge is 0.177 e. The molecular weight excluding hydrogens is 318 g/mol. The van der Waals surface area contributed by atoms with Gasteiger partial charge in [-0.05, 0) is 35.4 Å². The first kappa shape index (κ1) is 15.5. The fourth-order valence-corrected chi connectivity index (χ4v) is 3.71. The Morgan fingerprint density at radius 1 is 1.04 bits per heavy atom. The molecule has 1 heterocycles. The van der Waals surface area contributed by atoms with Crippen molar-refractivity contribution in [3.05, 3.63) is 76.8 Å². The molecule has 3 aromatic carbocycles. The van der Waals surface area contributed by atoms with Crippen molar-refractivity contribution in [2.24, 2.45) is 0 Å². The highest BCUT2D eigenvalue weighted by molar-refractivity contribution is 6.30. The first-order chi connectivity index (χ1) is 11.8. The molecule has 3 aromatic rings. The average molecular weight is 338 g/mol. The van der Waals surface area contributed by atoms with Crippen LogP contribution in [0.15, 0.2) is 60.7 Å². The Labute approximate surface area is 147 Å². The minimum atomic E-state index is -0.172. The van der Waals surface area contributed by atoms with E-state index in [4.69, 9.17) is 16.3 Å². The SMILES string of the molecule is CCCC1NC(c2cccc(Cl)c2)Oc2ccc3ccccc3c21. The molecule has 0 bridgehead atoms. The lowest BCUT2D eigenvalue weighted by Gasteiger charge is -2.35. The first-order valence-electron chi connectivity index (χ1n) is 8.46. The van der Waals surface area contributed by atoms with Gasteiger partial charge >= 0.3 is 0 Å². The molecule has 0 fully saturated rings. The van der Waals surface area contributed by atoms with Crippen molar-refractivity contribution < 1.29 is 4.74 Å². The van der Waals surface area contributed by atoms with Gasteiger partial charge in [0.25, 0.3) is 0 Å². The summed E-state index contributed by atoms with van der Waals surface area (Å²) in [6.45, 7) is 2.22. The number of rotatable bonds is 3. The average Bonchev–Trinajstić information content (AvgIpc) is 2.61. The van der Waals surface area contributed by atoms with Gasteiger partial charge in [-0.15, -0.1) is 0 Å². The van der Waals surface area contributed by atoms with Gasteiger partial charge in [0.2, 0.25) is 0 Å². The highest BCUT2D eigenvalue weighted by Gasteiger charge is 2.29. The molecule has 1 N–H and O–H groups in total. The zero-order valence-electron chi connectivity index (χ0n) is 13.6. The Kier molecular flexibility index (Phi) is 4.17. The molecule has 0 saturated carbocycles. The molecule has 1 aliphatic heterocycles. The summed E-state index contributed by atoms with van der Waals surface area (Å²) in [5.74, 6) is 0.968. The van der Waals surface area contributed by atoms with Crippen LogP contribution in [-0.2, 0) is 0 Å². The third kappa shape index (κ3) is 2.77. The second kappa shape index (κ2) is 6.46. The number of hydrogen-bond donors (Lipinski definition) is 1. The van der Waals surface area contributed by atoms with Gasteiger partial charge in [0.15, 0.2) is 6.23 Å². The Morgan fingerprint density at radius 2 is 1.92 bits per heavy atom. The largest absolute Gasteiger partial charge is 0.471 e. The number of benzene rings is 3. The van der Waals surface area contributed by atoms with Crippen molar-refractivity contribution in [3.63, 3.8) is 0 Å². The van der Waals surface area contributed by atoms with Crippen LogP contribution < -0.4 is 10.1 Å². The summed E-state index contributed by atoms with van der Waals surface area (Å²) in [6, 6.07) is 20.9. The van der Waals surface area contributed by atoms with Crippen molar-refractivity contribution in [3.8, 4) is 5.75 Å². The van der Waals surface area contributed by atoms with E-state index in [-0.39, 0.29) is 12.3 Å². The van der Waals surface area contributed by atoms with Crippen LogP contribution in [0.3, 0.4) is 0 Å². The molecule has 122 valence electrons. The maximum atomic E-state index is 6.29. The molecule has 3 heteroatoms. The number of halogens is 1. The summed E-state index contributed by atoms with van der Waals surface area (Å²) < 4.78 is 6.29. The van der Waals surface area contributed by atoms with E-state index in [9.17, 15) is 0 Å². The number of hydrogen-bond acceptors (Lipinski definition) is 2. The summed E-state index contributed by atoms with van der Waals surface area (Å²) in [7, 11) is 0. The third-order valence-corrected chi connectivity index (χ3v) is 4.84. The van der Waals surface area contributed by atoms with Crippen molar-refractivity contribution in [2.45, 2.75) is 32.0 Å². The Morgan fingerprint density at radius 3 is 2.75 bits per heavy atom. The minimum absolute atomic E-state index is 0.172. The molecule has 2 unspecified atom stereocenters. The van der Waals surface area contributed by atoms with Gasteiger partial charge in [-0.25, -0.2) is 0 Å². The lowest BCUT2D eigenvalue weighted by Crippen LogP contribution is -2.35. The molecule has 0 spiro atoms. The van der Waals surface area contributed by atoms with E-state index >= 15 is 0 Å². The molecule has 1 aliphatic rings. The second-order valence-corrected chi connectivity index (χ2v) is 6.70. The monoisotopic (exact) mass is 337 g/mol. The van der Waals surface area contributed by atoms with Crippen molar-refractivity contribution >= 4 is 22.4 Å². The predicted molar refractivity (Wildman–Crippen MR) is 99.6 cm³/mol. The van der Waals surface area contributed by atoms with E-state index in [0.29, 0.717) is 0 Å². The molecule has 0 saturated heterocycles. The normalized spacial score (nSPS) is 19.8. The quantitative estimate of drug-likeness (QED) is 0.631. The molecule has 0 radical (unpaired) electrons. The summed E-state index contributed by atoms with van der Waals surface area (Å²) >= 11 is 6.16.